The normalized spacial score (nSPS) is 21.3. The number of halogens is 2. The molecule has 0 spiro atoms. The van der Waals surface area contributed by atoms with Gasteiger partial charge in [0.1, 0.15) is 5.82 Å². The zero-order valence-electron chi connectivity index (χ0n) is 9.60. The molecule has 0 saturated heterocycles. The lowest BCUT2D eigenvalue weighted by Gasteiger charge is -2.17. The van der Waals surface area contributed by atoms with Crippen molar-refractivity contribution in [3.05, 3.63) is 22.4 Å². The second kappa shape index (κ2) is 3.87. The van der Waals surface area contributed by atoms with Gasteiger partial charge in [0.15, 0.2) is 0 Å². The number of benzene rings is 1. The first-order chi connectivity index (χ1) is 8.11. The molecule has 2 fully saturated rings. The molecule has 0 bridgehead atoms. The molecule has 2 aliphatic rings. The topological polar surface area (TPSA) is 38.0 Å². The van der Waals surface area contributed by atoms with Crippen molar-refractivity contribution in [3.63, 3.8) is 0 Å². The van der Waals surface area contributed by atoms with E-state index in [0.29, 0.717) is 15.6 Å². The molecule has 2 aliphatic carbocycles. The van der Waals surface area contributed by atoms with Crippen molar-refractivity contribution >= 4 is 27.3 Å². The first-order valence-corrected chi connectivity index (χ1v) is 6.88. The summed E-state index contributed by atoms with van der Waals surface area (Å²) < 4.78 is 13.8. The van der Waals surface area contributed by atoms with E-state index in [4.69, 9.17) is 5.73 Å². The molecule has 0 atom stereocenters. The Morgan fingerprint density at radius 2 is 2.12 bits per heavy atom. The highest BCUT2D eigenvalue weighted by Crippen LogP contribution is 2.61. The molecule has 2 saturated carbocycles. The first kappa shape index (κ1) is 11.3. The number of nitrogens with two attached hydrogens (primary N) is 1. The Balaban J connectivity index is 1.70. The van der Waals surface area contributed by atoms with Gasteiger partial charge >= 0.3 is 0 Å². The lowest BCUT2D eigenvalue weighted by molar-refractivity contribution is 0.467. The Kier molecular flexibility index (Phi) is 2.58. The highest BCUT2D eigenvalue weighted by atomic mass is 79.9. The fourth-order valence-electron chi connectivity index (χ4n) is 2.57. The number of hydrogen-bond donors (Lipinski definition) is 2. The van der Waals surface area contributed by atoms with Gasteiger partial charge in [0.05, 0.1) is 15.8 Å². The highest BCUT2D eigenvalue weighted by molar-refractivity contribution is 9.10. The van der Waals surface area contributed by atoms with Gasteiger partial charge in [-0.05, 0) is 59.0 Å². The number of rotatable bonds is 4. The van der Waals surface area contributed by atoms with E-state index in [1.807, 2.05) is 0 Å². The summed E-state index contributed by atoms with van der Waals surface area (Å²) in [7, 11) is 0. The van der Waals surface area contributed by atoms with Crippen LogP contribution in [0.4, 0.5) is 15.8 Å². The summed E-state index contributed by atoms with van der Waals surface area (Å²) in [6.45, 7) is 0.933. The molecular formula is C13H16BrFN2. The monoisotopic (exact) mass is 298 g/mol. The van der Waals surface area contributed by atoms with Gasteiger partial charge < -0.3 is 11.1 Å². The molecular weight excluding hydrogens is 283 g/mol. The predicted molar refractivity (Wildman–Crippen MR) is 71.4 cm³/mol. The summed E-state index contributed by atoms with van der Waals surface area (Å²) in [5.74, 6) is 0.634. The first-order valence-electron chi connectivity index (χ1n) is 6.09. The van der Waals surface area contributed by atoms with E-state index in [1.54, 1.807) is 6.07 Å². The Bertz CT molecular complexity index is 453. The van der Waals surface area contributed by atoms with Gasteiger partial charge in [-0.2, -0.15) is 0 Å². The number of nitrogen functional groups attached to an aromatic ring is 1. The van der Waals surface area contributed by atoms with Crippen LogP contribution in [0.3, 0.4) is 0 Å². The van der Waals surface area contributed by atoms with Crippen LogP contribution >= 0.6 is 15.9 Å². The quantitative estimate of drug-likeness (QED) is 0.831. The van der Waals surface area contributed by atoms with Crippen molar-refractivity contribution in [1.29, 1.82) is 0 Å². The fourth-order valence-corrected chi connectivity index (χ4v) is 2.93. The molecule has 1 aromatic rings. The van der Waals surface area contributed by atoms with E-state index in [1.165, 1.54) is 31.7 Å². The highest BCUT2D eigenvalue weighted by Gasteiger charge is 2.53. The maximum Gasteiger partial charge on any atom is 0.139 e. The zero-order chi connectivity index (χ0) is 12.0. The van der Waals surface area contributed by atoms with Crippen LogP contribution < -0.4 is 11.1 Å². The molecule has 92 valence electrons. The van der Waals surface area contributed by atoms with Gasteiger partial charge in [-0.3, -0.25) is 0 Å². The lowest BCUT2D eigenvalue weighted by atomic mass is 10.0. The van der Waals surface area contributed by atoms with Gasteiger partial charge in [0.2, 0.25) is 0 Å². The predicted octanol–water partition coefficient (Wildman–Crippen LogP) is 3.77. The lowest BCUT2D eigenvalue weighted by Crippen LogP contribution is -2.18. The van der Waals surface area contributed by atoms with Gasteiger partial charge in [0, 0.05) is 12.6 Å². The van der Waals surface area contributed by atoms with Crippen molar-refractivity contribution < 1.29 is 4.39 Å². The number of nitrogens with one attached hydrogen (secondary N) is 1. The van der Waals surface area contributed by atoms with Gasteiger partial charge in [0.25, 0.3) is 0 Å². The van der Waals surface area contributed by atoms with Crippen LogP contribution in [0.25, 0.3) is 0 Å². The Labute approximate surface area is 109 Å². The van der Waals surface area contributed by atoms with Crippen molar-refractivity contribution in [1.82, 2.24) is 0 Å². The van der Waals surface area contributed by atoms with E-state index in [-0.39, 0.29) is 5.82 Å². The standard InChI is InChI=1S/C13H16BrFN2/c14-9-5-11(16)12(6-10(9)15)17-7-13(3-4-13)8-1-2-8/h5-6,8,17H,1-4,7,16H2. The van der Waals surface area contributed by atoms with E-state index in [0.717, 1.165) is 18.2 Å². The average Bonchev–Trinajstić information content (AvgIpc) is 3.14. The molecule has 0 heterocycles. The maximum atomic E-state index is 13.4. The van der Waals surface area contributed by atoms with Crippen LogP contribution in [-0.4, -0.2) is 6.54 Å². The molecule has 0 amide bonds. The van der Waals surface area contributed by atoms with Crippen LogP contribution in [0.2, 0.25) is 0 Å². The second-order valence-corrected chi connectivity index (χ2v) is 6.20. The SMILES string of the molecule is Nc1cc(Br)c(F)cc1NCC1(C2CC2)CC1. The molecule has 17 heavy (non-hydrogen) atoms. The van der Waals surface area contributed by atoms with Crippen molar-refractivity contribution in [2.45, 2.75) is 25.7 Å². The summed E-state index contributed by atoms with van der Waals surface area (Å²) in [5, 5.41) is 3.32. The third-order valence-corrected chi connectivity index (χ3v) is 4.67. The summed E-state index contributed by atoms with van der Waals surface area (Å²) in [6.07, 6.45) is 5.35. The zero-order valence-corrected chi connectivity index (χ0v) is 11.2. The van der Waals surface area contributed by atoms with Gasteiger partial charge in [-0.25, -0.2) is 4.39 Å². The van der Waals surface area contributed by atoms with Crippen molar-refractivity contribution in [3.8, 4) is 0 Å². The molecule has 4 heteroatoms. The molecule has 2 nitrogen and oxygen atoms in total. The average molecular weight is 299 g/mol. The van der Waals surface area contributed by atoms with Crippen LogP contribution in [0, 0.1) is 17.2 Å². The van der Waals surface area contributed by atoms with Gasteiger partial charge in [-0.1, -0.05) is 0 Å². The molecule has 0 unspecified atom stereocenters. The maximum absolute atomic E-state index is 13.4. The molecule has 0 aromatic heterocycles. The minimum Gasteiger partial charge on any atom is -0.397 e. The van der Waals surface area contributed by atoms with E-state index < -0.39 is 0 Å². The van der Waals surface area contributed by atoms with Crippen molar-refractivity contribution in [2.75, 3.05) is 17.6 Å². The van der Waals surface area contributed by atoms with Crippen molar-refractivity contribution in [2.24, 2.45) is 11.3 Å². The molecule has 1 aromatic carbocycles. The van der Waals surface area contributed by atoms with Crippen LogP contribution in [-0.2, 0) is 0 Å². The van der Waals surface area contributed by atoms with Crippen LogP contribution in [0.5, 0.6) is 0 Å². The molecule has 0 radical (unpaired) electrons. The molecule has 3 N–H and O–H groups in total. The third kappa shape index (κ3) is 2.15. The second-order valence-electron chi connectivity index (χ2n) is 5.34. The Morgan fingerprint density at radius 1 is 1.41 bits per heavy atom. The Morgan fingerprint density at radius 3 is 2.71 bits per heavy atom. The molecule has 3 rings (SSSR count). The Hall–Kier alpha value is -0.770. The van der Waals surface area contributed by atoms with Crippen LogP contribution in [0.15, 0.2) is 16.6 Å². The minimum atomic E-state index is -0.266. The summed E-state index contributed by atoms with van der Waals surface area (Å²) in [6, 6.07) is 3.09. The summed E-state index contributed by atoms with van der Waals surface area (Å²) in [5.41, 5.74) is 7.69. The summed E-state index contributed by atoms with van der Waals surface area (Å²) >= 11 is 3.13. The largest absolute Gasteiger partial charge is 0.397 e. The fraction of sp³-hybridized carbons (Fsp3) is 0.538. The summed E-state index contributed by atoms with van der Waals surface area (Å²) in [4.78, 5) is 0. The van der Waals surface area contributed by atoms with Crippen LogP contribution in [0.1, 0.15) is 25.7 Å². The van der Waals surface area contributed by atoms with Gasteiger partial charge in [-0.15, -0.1) is 0 Å². The van der Waals surface area contributed by atoms with E-state index in [2.05, 4.69) is 21.2 Å². The third-order valence-electron chi connectivity index (χ3n) is 4.06. The molecule has 0 aliphatic heterocycles. The van der Waals surface area contributed by atoms with E-state index >= 15 is 0 Å². The number of anilines is 2. The van der Waals surface area contributed by atoms with E-state index in [9.17, 15) is 4.39 Å². The minimum absolute atomic E-state index is 0.266. The number of hydrogen-bond acceptors (Lipinski definition) is 2. The smallest absolute Gasteiger partial charge is 0.139 e.